The summed E-state index contributed by atoms with van der Waals surface area (Å²) in [5.74, 6) is -0.689. The molecule has 3 aromatic rings. The summed E-state index contributed by atoms with van der Waals surface area (Å²) >= 11 is 0. The van der Waals surface area contributed by atoms with Crippen molar-refractivity contribution in [2.24, 2.45) is 0 Å². The molecule has 0 fully saturated rings. The molecule has 0 aromatic heterocycles. The number of carbonyl (C=O) groups is 2. The van der Waals surface area contributed by atoms with E-state index in [0.717, 1.165) is 16.4 Å². The molecule has 0 aliphatic rings. The molecule has 0 atom stereocenters. The van der Waals surface area contributed by atoms with Crippen molar-refractivity contribution in [1.29, 1.82) is 0 Å². The Labute approximate surface area is 176 Å². The standard InChI is InChI=1S/C24H23O5P/c1-18(25)28-16-20-8-12-23(13-9-20)30(27,22-6-4-3-5-7-22)24-14-10-21(11-15-24)17-29-19(2)26/h3-15H,16-17H2,1-2H3. The maximum atomic E-state index is 14.4. The highest BCUT2D eigenvalue weighted by molar-refractivity contribution is 7.85. The van der Waals surface area contributed by atoms with Crippen LogP contribution in [0, 0.1) is 0 Å². The van der Waals surface area contributed by atoms with Crippen LogP contribution < -0.4 is 15.9 Å². The van der Waals surface area contributed by atoms with Crippen molar-refractivity contribution in [3.63, 3.8) is 0 Å². The van der Waals surface area contributed by atoms with Gasteiger partial charge in [0.2, 0.25) is 0 Å². The van der Waals surface area contributed by atoms with Crippen LogP contribution in [0.25, 0.3) is 0 Å². The molecule has 3 rings (SSSR count). The van der Waals surface area contributed by atoms with Gasteiger partial charge in [0.05, 0.1) is 0 Å². The van der Waals surface area contributed by atoms with Crippen molar-refractivity contribution in [2.45, 2.75) is 27.1 Å². The van der Waals surface area contributed by atoms with Crippen molar-refractivity contribution < 1.29 is 23.6 Å². The van der Waals surface area contributed by atoms with Gasteiger partial charge in [0.15, 0.2) is 7.14 Å². The third-order valence-electron chi connectivity index (χ3n) is 4.60. The van der Waals surface area contributed by atoms with Gasteiger partial charge < -0.3 is 14.0 Å². The number of hydrogen-bond donors (Lipinski definition) is 0. The maximum Gasteiger partial charge on any atom is 0.302 e. The molecule has 6 heteroatoms. The zero-order chi connectivity index (χ0) is 21.6. The fraction of sp³-hybridized carbons (Fsp3) is 0.167. The molecule has 0 amide bonds. The molecule has 0 saturated carbocycles. The summed E-state index contributed by atoms with van der Waals surface area (Å²) in [7, 11) is -3.11. The van der Waals surface area contributed by atoms with Crippen LogP contribution in [0.5, 0.6) is 0 Å². The quantitative estimate of drug-likeness (QED) is 0.431. The van der Waals surface area contributed by atoms with Crippen LogP contribution in [0.4, 0.5) is 0 Å². The Morgan fingerprint density at radius 2 is 1.00 bits per heavy atom. The van der Waals surface area contributed by atoms with Crippen molar-refractivity contribution in [3.8, 4) is 0 Å². The van der Waals surface area contributed by atoms with Crippen LogP contribution in [0.1, 0.15) is 25.0 Å². The molecule has 30 heavy (non-hydrogen) atoms. The molecule has 0 aliphatic heterocycles. The lowest BCUT2D eigenvalue weighted by Gasteiger charge is -2.20. The average Bonchev–Trinajstić information content (AvgIpc) is 2.77. The molecule has 0 heterocycles. The second kappa shape index (κ2) is 9.55. The predicted octanol–water partition coefficient (Wildman–Crippen LogP) is 3.45. The molecule has 0 radical (unpaired) electrons. The number of ether oxygens (including phenoxy) is 2. The van der Waals surface area contributed by atoms with E-state index in [0.29, 0.717) is 10.6 Å². The van der Waals surface area contributed by atoms with Gasteiger partial charge in [-0.05, 0) is 11.1 Å². The SMILES string of the molecule is CC(=O)OCc1ccc(P(=O)(c2ccccc2)c2ccc(COC(C)=O)cc2)cc1. The minimum absolute atomic E-state index is 0.177. The van der Waals surface area contributed by atoms with Crippen LogP contribution in [0.15, 0.2) is 78.9 Å². The van der Waals surface area contributed by atoms with Crippen LogP contribution in [0.2, 0.25) is 0 Å². The number of benzene rings is 3. The van der Waals surface area contributed by atoms with Gasteiger partial charge in [0.25, 0.3) is 0 Å². The second-order valence-corrected chi connectivity index (χ2v) is 9.61. The lowest BCUT2D eigenvalue weighted by atomic mass is 10.2. The largest absolute Gasteiger partial charge is 0.461 e. The van der Waals surface area contributed by atoms with E-state index in [-0.39, 0.29) is 25.2 Å². The first-order chi connectivity index (χ1) is 14.4. The molecule has 3 aromatic carbocycles. The summed E-state index contributed by atoms with van der Waals surface area (Å²) < 4.78 is 24.5. The van der Waals surface area contributed by atoms with E-state index in [1.165, 1.54) is 13.8 Å². The van der Waals surface area contributed by atoms with E-state index in [2.05, 4.69) is 0 Å². The molecule has 154 valence electrons. The van der Waals surface area contributed by atoms with Crippen molar-refractivity contribution in [2.75, 3.05) is 0 Å². The summed E-state index contributed by atoms with van der Waals surface area (Å²) in [5.41, 5.74) is 1.65. The molecular weight excluding hydrogens is 399 g/mol. The molecule has 0 unspecified atom stereocenters. The Hall–Kier alpha value is -3.17. The van der Waals surface area contributed by atoms with E-state index in [4.69, 9.17) is 9.47 Å². The summed E-state index contributed by atoms with van der Waals surface area (Å²) in [6.45, 7) is 3.08. The first kappa shape index (κ1) is 21.5. The zero-order valence-corrected chi connectivity index (χ0v) is 17.8. The monoisotopic (exact) mass is 422 g/mol. The number of esters is 2. The van der Waals surface area contributed by atoms with E-state index in [9.17, 15) is 14.2 Å². The highest BCUT2D eigenvalue weighted by Gasteiger charge is 2.29. The van der Waals surface area contributed by atoms with Gasteiger partial charge in [-0.2, -0.15) is 0 Å². The van der Waals surface area contributed by atoms with Crippen molar-refractivity contribution >= 4 is 35.0 Å². The van der Waals surface area contributed by atoms with Gasteiger partial charge in [-0.25, -0.2) is 0 Å². The predicted molar refractivity (Wildman–Crippen MR) is 117 cm³/mol. The maximum absolute atomic E-state index is 14.4. The third-order valence-corrected chi connectivity index (χ3v) is 7.68. The lowest BCUT2D eigenvalue weighted by molar-refractivity contribution is -0.143. The van der Waals surface area contributed by atoms with Gasteiger partial charge in [0.1, 0.15) is 13.2 Å². The highest BCUT2D eigenvalue weighted by atomic mass is 31.2. The van der Waals surface area contributed by atoms with E-state index >= 15 is 0 Å². The van der Waals surface area contributed by atoms with Gasteiger partial charge in [-0.15, -0.1) is 0 Å². The average molecular weight is 422 g/mol. The summed E-state index contributed by atoms with van der Waals surface area (Å²) in [4.78, 5) is 22.1. The highest BCUT2D eigenvalue weighted by Crippen LogP contribution is 2.42. The van der Waals surface area contributed by atoms with Gasteiger partial charge >= 0.3 is 11.9 Å². The molecule has 0 spiro atoms. The zero-order valence-electron chi connectivity index (χ0n) is 16.9. The Kier molecular flexibility index (Phi) is 6.86. The van der Waals surface area contributed by atoms with Gasteiger partial charge in [-0.1, -0.05) is 78.9 Å². The third kappa shape index (κ3) is 5.05. The van der Waals surface area contributed by atoms with Crippen LogP contribution in [-0.4, -0.2) is 11.9 Å². The molecule has 0 N–H and O–H groups in total. The van der Waals surface area contributed by atoms with Crippen LogP contribution in [0.3, 0.4) is 0 Å². The summed E-state index contributed by atoms with van der Waals surface area (Å²) in [6.07, 6.45) is 0. The normalized spacial score (nSPS) is 11.0. The minimum atomic E-state index is -3.11. The summed E-state index contributed by atoms with van der Waals surface area (Å²) in [6, 6.07) is 23.9. The fourth-order valence-corrected chi connectivity index (χ4v) is 5.68. The minimum Gasteiger partial charge on any atom is -0.461 e. The Morgan fingerprint density at radius 1 is 0.633 bits per heavy atom. The number of carbonyl (C=O) groups excluding carboxylic acids is 2. The molecule has 0 aliphatic carbocycles. The Morgan fingerprint density at radius 3 is 1.37 bits per heavy atom. The number of rotatable bonds is 7. The van der Waals surface area contributed by atoms with Crippen LogP contribution in [-0.2, 0) is 36.8 Å². The Bertz CT molecular complexity index is 992. The van der Waals surface area contributed by atoms with Gasteiger partial charge in [-0.3, -0.25) is 9.59 Å². The number of hydrogen-bond acceptors (Lipinski definition) is 5. The van der Waals surface area contributed by atoms with E-state index in [1.54, 1.807) is 0 Å². The molecule has 5 nitrogen and oxygen atoms in total. The fourth-order valence-electron chi connectivity index (χ4n) is 3.06. The second-order valence-electron chi connectivity index (χ2n) is 6.84. The van der Waals surface area contributed by atoms with E-state index in [1.807, 2.05) is 78.9 Å². The topological polar surface area (TPSA) is 69.7 Å². The van der Waals surface area contributed by atoms with Crippen molar-refractivity contribution in [3.05, 3.63) is 90.0 Å². The smallest absolute Gasteiger partial charge is 0.302 e. The molecule has 0 bridgehead atoms. The van der Waals surface area contributed by atoms with Crippen LogP contribution >= 0.6 is 7.14 Å². The first-order valence-corrected chi connectivity index (χ1v) is 11.2. The lowest BCUT2D eigenvalue weighted by Crippen LogP contribution is -2.25. The Balaban J connectivity index is 1.97. The first-order valence-electron chi connectivity index (χ1n) is 9.51. The molecule has 0 saturated heterocycles. The van der Waals surface area contributed by atoms with Crippen molar-refractivity contribution in [1.82, 2.24) is 0 Å². The molecular formula is C24H23O5P. The van der Waals surface area contributed by atoms with E-state index < -0.39 is 7.14 Å². The van der Waals surface area contributed by atoms with Gasteiger partial charge in [0, 0.05) is 29.8 Å². The summed E-state index contributed by atoms with van der Waals surface area (Å²) in [5, 5.41) is 2.10.